The van der Waals surface area contributed by atoms with Gasteiger partial charge in [0, 0.05) is 0 Å². The van der Waals surface area contributed by atoms with Crippen LogP contribution < -0.4 is 10.9 Å². The van der Waals surface area contributed by atoms with E-state index in [0.717, 1.165) is 5.56 Å². The highest BCUT2D eigenvalue weighted by molar-refractivity contribution is 6.35. The number of para-hydroxylation sites is 1. The second kappa shape index (κ2) is 8.48. The minimum atomic E-state index is -0.637. The molecule has 6 nitrogen and oxygen atoms in total. The zero-order valence-corrected chi connectivity index (χ0v) is 18.6. The molecule has 1 amide bonds. The number of aryl methyl sites for hydroxylation is 1. The summed E-state index contributed by atoms with van der Waals surface area (Å²) in [5, 5.41) is 3.54. The molecular formula is C23H26ClN3O3. The minimum absolute atomic E-state index is 0.278. The van der Waals surface area contributed by atoms with Gasteiger partial charge in [-0.15, -0.1) is 0 Å². The molecule has 0 spiro atoms. The highest BCUT2D eigenvalue weighted by Crippen LogP contribution is 2.25. The van der Waals surface area contributed by atoms with Gasteiger partial charge in [0.15, 0.2) is 0 Å². The molecular weight excluding hydrogens is 402 g/mol. The van der Waals surface area contributed by atoms with E-state index in [-0.39, 0.29) is 5.56 Å². The number of alkyl carbamates (subject to hydrolysis) is 1. The maximum absolute atomic E-state index is 13.6. The van der Waals surface area contributed by atoms with Gasteiger partial charge < -0.3 is 10.1 Å². The summed E-state index contributed by atoms with van der Waals surface area (Å²) in [5.41, 5.74) is 1.16. The number of nitrogens with one attached hydrogen (secondary N) is 1. The van der Waals surface area contributed by atoms with Crippen LogP contribution in [0.4, 0.5) is 4.79 Å². The topological polar surface area (TPSA) is 73.2 Å². The molecule has 7 heteroatoms. The van der Waals surface area contributed by atoms with E-state index in [1.807, 2.05) is 38.1 Å². The largest absolute Gasteiger partial charge is 0.444 e. The van der Waals surface area contributed by atoms with Crippen LogP contribution in [0.2, 0.25) is 5.02 Å². The van der Waals surface area contributed by atoms with Crippen LogP contribution >= 0.6 is 11.6 Å². The lowest BCUT2D eigenvalue weighted by atomic mass is 10.1. The normalized spacial score (nSPS) is 12.6. The van der Waals surface area contributed by atoms with Crippen molar-refractivity contribution in [3.8, 4) is 5.69 Å². The van der Waals surface area contributed by atoms with Crippen LogP contribution in [-0.4, -0.2) is 21.2 Å². The highest BCUT2D eigenvalue weighted by Gasteiger charge is 2.25. The number of fused-ring (bicyclic) bond motifs is 1. The van der Waals surface area contributed by atoms with Crippen molar-refractivity contribution in [2.24, 2.45) is 0 Å². The van der Waals surface area contributed by atoms with Gasteiger partial charge in [-0.1, -0.05) is 42.8 Å². The number of carbonyl (C=O) groups is 1. The molecule has 0 aliphatic carbocycles. The lowest BCUT2D eigenvalue weighted by molar-refractivity contribution is 0.0499. The first-order valence-electron chi connectivity index (χ1n) is 9.89. The van der Waals surface area contributed by atoms with E-state index in [4.69, 9.17) is 21.3 Å². The van der Waals surface area contributed by atoms with Crippen LogP contribution in [-0.2, 0) is 4.74 Å². The number of rotatable bonds is 4. The van der Waals surface area contributed by atoms with Crippen molar-refractivity contribution < 1.29 is 9.53 Å². The van der Waals surface area contributed by atoms with Crippen molar-refractivity contribution in [3.63, 3.8) is 0 Å². The molecule has 0 aliphatic rings. The Morgan fingerprint density at radius 3 is 2.53 bits per heavy atom. The quantitative estimate of drug-likeness (QED) is 0.611. The van der Waals surface area contributed by atoms with Crippen molar-refractivity contribution in [1.29, 1.82) is 0 Å². The predicted octanol–water partition coefficient (Wildman–Crippen LogP) is 5.32. The van der Waals surface area contributed by atoms with E-state index in [9.17, 15) is 9.59 Å². The summed E-state index contributed by atoms with van der Waals surface area (Å²) < 4.78 is 6.95. The third kappa shape index (κ3) is 4.49. The van der Waals surface area contributed by atoms with Crippen molar-refractivity contribution >= 4 is 28.6 Å². The zero-order valence-electron chi connectivity index (χ0n) is 17.8. The molecule has 0 saturated carbocycles. The van der Waals surface area contributed by atoms with Gasteiger partial charge in [0.2, 0.25) is 0 Å². The summed E-state index contributed by atoms with van der Waals surface area (Å²) in [7, 11) is 0. The fraction of sp³-hybridized carbons (Fsp3) is 0.348. The molecule has 0 unspecified atom stereocenters. The maximum Gasteiger partial charge on any atom is 0.408 e. The van der Waals surface area contributed by atoms with Crippen LogP contribution in [0.3, 0.4) is 0 Å². The number of carbonyl (C=O) groups excluding carboxylic acids is 1. The molecule has 0 aliphatic heterocycles. The van der Waals surface area contributed by atoms with Gasteiger partial charge >= 0.3 is 6.09 Å². The Hall–Kier alpha value is -2.86. The number of ether oxygens (including phenoxy) is 1. The minimum Gasteiger partial charge on any atom is -0.444 e. The fourth-order valence-electron chi connectivity index (χ4n) is 3.29. The highest BCUT2D eigenvalue weighted by atomic mass is 35.5. The van der Waals surface area contributed by atoms with Crippen LogP contribution in [0.5, 0.6) is 0 Å². The van der Waals surface area contributed by atoms with Crippen LogP contribution in [0.25, 0.3) is 16.6 Å². The SMILES string of the molecule is CC[C@H](NC(=O)OC(C)(C)C)c1nc2cccc(Cl)c2c(=O)n1-c1ccccc1C. The predicted molar refractivity (Wildman–Crippen MR) is 119 cm³/mol. The van der Waals surface area contributed by atoms with Gasteiger partial charge in [0.25, 0.3) is 5.56 Å². The van der Waals surface area contributed by atoms with Gasteiger partial charge in [0.05, 0.1) is 27.7 Å². The number of benzene rings is 2. The molecule has 0 saturated heterocycles. The second-order valence-corrected chi connectivity index (χ2v) is 8.55. The lowest BCUT2D eigenvalue weighted by Crippen LogP contribution is -2.38. The Balaban J connectivity index is 2.24. The molecule has 30 heavy (non-hydrogen) atoms. The number of aromatic nitrogens is 2. The number of halogens is 1. The van der Waals surface area contributed by atoms with E-state index in [1.54, 1.807) is 39.0 Å². The van der Waals surface area contributed by atoms with E-state index >= 15 is 0 Å². The van der Waals surface area contributed by atoms with Crippen LogP contribution in [0.15, 0.2) is 47.3 Å². The maximum atomic E-state index is 13.6. The Morgan fingerprint density at radius 1 is 1.20 bits per heavy atom. The average molecular weight is 428 g/mol. The number of hydrogen-bond acceptors (Lipinski definition) is 4. The van der Waals surface area contributed by atoms with Gasteiger partial charge in [-0.3, -0.25) is 9.36 Å². The summed E-state index contributed by atoms with van der Waals surface area (Å²) in [6.45, 7) is 9.23. The summed E-state index contributed by atoms with van der Waals surface area (Å²) in [6.07, 6.45) is -0.0463. The van der Waals surface area contributed by atoms with Crippen molar-refractivity contribution in [1.82, 2.24) is 14.9 Å². The van der Waals surface area contributed by atoms with Crippen molar-refractivity contribution in [2.75, 3.05) is 0 Å². The van der Waals surface area contributed by atoms with E-state index < -0.39 is 17.7 Å². The molecule has 0 bridgehead atoms. The zero-order chi connectivity index (χ0) is 22.1. The summed E-state index contributed by atoms with van der Waals surface area (Å²) >= 11 is 6.34. The van der Waals surface area contributed by atoms with Crippen LogP contribution in [0, 0.1) is 6.92 Å². The van der Waals surface area contributed by atoms with E-state index in [2.05, 4.69) is 5.32 Å². The third-order valence-corrected chi connectivity index (χ3v) is 4.95. The fourth-order valence-corrected chi connectivity index (χ4v) is 3.54. The molecule has 0 radical (unpaired) electrons. The summed E-state index contributed by atoms with van der Waals surface area (Å²) in [6, 6.07) is 12.2. The first kappa shape index (κ1) is 21.8. The van der Waals surface area contributed by atoms with Gasteiger partial charge in [-0.05, 0) is 57.9 Å². The molecule has 0 fully saturated rings. The Morgan fingerprint density at radius 2 is 1.90 bits per heavy atom. The molecule has 1 N–H and O–H groups in total. The second-order valence-electron chi connectivity index (χ2n) is 8.14. The first-order chi connectivity index (χ1) is 14.1. The van der Waals surface area contributed by atoms with Gasteiger partial charge in [-0.2, -0.15) is 0 Å². The molecule has 1 aromatic heterocycles. The molecule has 158 valence electrons. The first-order valence-corrected chi connectivity index (χ1v) is 10.3. The van der Waals surface area contributed by atoms with E-state index in [1.165, 1.54) is 4.57 Å². The summed E-state index contributed by atoms with van der Waals surface area (Å²) in [4.78, 5) is 30.7. The van der Waals surface area contributed by atoms with Crippen LogP contribution in [0.1, 0.15) is 51.5 Å². The smallest absolute Gasteiger partial charge is 0.408 e. The Kier molecular flexibility index (Phi) is 6.17. The van der Waals surface area contributed by atoms with E-state index in [0.29, 0.717) is 33.9 Å². The average Bonchev–Trinajstić information content (AvgIpc) is 2.65. The van der Waals surface area contributed by atoms with Crippen molar-refractivity contribution in [3.05, 3.63) is 69.2 Å². The third-order valence-electron chi connectivity index (χ3n) is 4.64. The number of hydrogen-bond donors (Lipinski definition) is 1. The van der Waals surface area contributed by atoms with Crippen molar-refractivity contribution in [2.45, 2.75) is 52.7 Å². The van der Waals surface area contributed by atoms with Gasteiger partial charge in [0.1, 0.15) is 11.4 Å². The molecule has 3 rings (SSSR count). The number of nitrogens with zero attached hydrogens (tertiary/aromatic N) is 2. The monoisotopic (exact) mass is 427 g/mol. The molecule has 2 aromatic carbocycles. The Bertz CT molecular complexity index is 1150. The Labute approximate surface area is 180 Å². The standard InChI is InChI=1S/C23H26ClN3O3/c1-6-16(26-22(29)30-23(3,4)5)20-25-17-12-9-11-15(24)19(17)21(28)27(20)18-13-8-7-10-14(18)2/h7-13,16H,6H2,1-5H3,(H,26,29)/t16-/m0/s1. The lowest BCUT2D eigenvalue weighted by Gasteiger charge is -2.25. The van der Waals surface area contributed by atoms with Gasteiger partial charge in [-0.25, -0.2) is 9.78 Å². The summed E-state index contributed by atoms with van der Waals surface area (Å²) in [5.74, 6) is 0.428. The molecule has 1 heterocycles. The molecule has 3 aromatic rings. The number of amides is 1. The molecule has 1 atom stereocenters.